The van der Waals surface area contributed by atoms with Crippen LogP contribution in [0.2, 0.25) is 0 Å². The second kappa shape index (κ2) is 4.84. The number of aromatic nitrogens is 1. The Morgan fingerprint density at radius 1 is 1.42 bits per heavy atom. The predicted octanol–water partition coefficient (Wildman–Crippen LogP) is 3.51. The molecule has 19 heavy (non-hydrogen) atoms. The summed E-state index contributed by atoms with van der Waals surface area (Å²) >= 11 is 3.75. The largest absolute Gasteiger partial charge is 0.497 e. The van der Waals surface area contributed by atoms with E-state index in [1.807, 2.05) is 0 Å². The van der Waals surface area contributed by atoms with Gasteiger partial charge in [0.1, 0.15) is 5.75 Å². The number of ether oxygens (including phenoxy) is 1. The first-order valence-electron chi connectivity index (χ1n) is 6.66. The molecule has 1 N–H and O–H groups in total. The molecule has 3 rings (SSSR count). The normalized spacial score (nSPS) is 15.2. The summed E-state index contributed by atoms with van der Waals surface area (Å²) in [5.74, 6) is 0.915. The number of nitrogens with zero attached hydrogens (tertiary/aromatic N) is 1. The maximum atomic E-state index is 5.37. The summed E-state index contributed by atoms with van der Waals surface area (Å²) in [6.45, 7) is 3.05. The van der Waals surface area contributed by atoms with Crippen LogP contribution in [-0.4, -0.2) is 17.7 Å². The zero-order valence-corrected chi connectivity index (χ0v) is 13.2. The molecule has 0 bridgehead atoms. The first-order valence-corrected chi connectivity index (χ1v) is 7.46. The van der Waals surface area contributed by atoms with Crippen LogP contribution in [0, 0.1) is 6.92 Å². The molecule has 0 spiro atoms. The van der Waals surface area contributed by atoms with Crippen molar-refractivity contribution in [2.45, 2.75) is 32.4 Å². The van der Waals surface area contributed by atoms with E-state index in [9.17, 15) is 0 Å². The third-order valence-corrected chi connectivity index (χ3v) is 4.76. The Balaban J connectivity index is 2.09. The van der Waals surface area contributed by atoms with Crippen LogP contribution in [-0.2, 0) is 13.6 Å². The predicted molar refractivity (Wildman–Crippen MR) is 81.8 cm³/mol. The van der Waals surface area contributed by atoms with Gasteiger partial charge >= 0.3 is 0 Å². The highest BCUT2D eigenvalue weighted by Crippen LogP contribution is 2.35. The van der Waals surface area contributed by atoms with Crippen LogP contribution >= 0.6 is 15.9 Å². The molecule has 0 aliphatic heterocycles. The Morgan fingerprint density at radius 2 is 2.16 bits per heavy atom. The maximum absolute atomic E-state index is 5.37. The number of methoxy groups -OCH3 is 1. The minimum absolute atomic E-state index is 0.723. The lowest BCUT2D eigenvalue weighted by molar-refractivity contribution is 0.415. The molecule has 1 saturated carbocycles. The molecule has 1 heterocycles. The Labute approximate surface area is 122 Å². The molecular weight excluding hydrogens is 304 g/mol. The van der Waals surface area contributed by atoms with Gasteiger partial charge in [-0.2, -0.15) is 0 Å². The number of nitrogens with one attached hydrogen (secondary N) is 1. The standard InChI is InChI=1S/C15H19BrN2O/c1-9-6-11(19-3)7-12-14(16)13(18(2)15(9)12)8-17-10-4-5-10/h6-7,10,17H,4-5,8H2,1-3H3. The third-order valence-electron chi connectivity index (χ3n) is 3.88. The summed E-state index contributed by atoms with van der Waals surface area (Å²) in [7, 11) is 3.85. The Kier molecular flexibility index (Phi) is 3.31. The molecule has 0 amide bonds. The van der Waals surface area contributed by atoms with E-state index >= 15 is 0 Å². The number of fused-ring (bicyclic) bond motifs is 1. The van der Waals surface area contributed by atoms with Gasteiger partial charge in [-0.25, -0.2) is 0 Å². The molecule has 0 radical (unpaired) electrons. The van der Waals surface area contributed by atoms with E-state index in [1.54, 1.807) is 7.11 Å². The van der Waals surface area contributed by atoms with Gasteiger partial charge < -0.3 is 14.6 Å². The molecule has 1 aliphatic carbocycles. The zero-order valence-electron chi connectivity index (χ0n) is 11.6. The maximum Gasteiger partial charge on any atom is 0.119 e. The summed E-state index contributed by atoms with van der Waals surface area (Å²) in [4.78, 5) is 0. The van der Waals surface area contributed by atoms with Gasteiger partial charge in [-0.1, -0.05) is 0 Å². The van der Waals surface area contributed by atoms with Crippen molar-refractivity contribution in [1.82, 2.24) is 9.88 Å². The lowest BCUT2D eigenvalue weighted by Gasteiger charge is -2.07. The fraction of sp³-hybridized carbons (Fsp3) is 0.467. The van der Waals surface area contributed by atoms with E-state index in [0.29, 0.717) is 0 Å². The fourth-order valence-electron chi connectivity index (χ4n) is 2.64. The molecule has 0 atom stereocenters. The van der Waals surface area contributed by atoms with E-state index in [1.165, 1.54) is 39.5 Å². The average Bonchev–Trinajstić information content (AvgIpc) is 3.17. The molecule has 0 saturated heterocycles. The summed E-state index contributed by atoms with van der Waals surface area (Å²) in [5, 5.41) is 4.81. The number of benzene rings is 1. The van der Waals surface area contributed by atoms with Gasteiger partial charge in [0.2, 0.25) is 0 Å². The summed E-state index contributed by atoms with van der Waals surface area (Å²) < 4.78 is 8.83. The molecule has 0 unspecified atom stereocenters. The summed E-state index contributed by atoms with van der Waals surface area (Å²) in [5.41, 5.74) is 3.83. The van der Waals surface area contributed by atoms with E-state index in [2.05, 4.69) is 51.9 Å². The third kappa shape index (κ3) is 2.28. The van der Waals surface area contributed by atoms with Crippen molar-refractivity contribution < 1.29 is 4.74 Å². The molecule has 1 aromatic carbocycles. The minimum Gasteiger partial charge on any atom is -0.497 e. The first-order chi connectivity index (χ1) is 9.11. The van der Waals surface area contributed by atoms with Crippen molar-refractivity contribution in [1.29, 1.82) is 0 Å². The van der Waals surface area contributed by atoms with E-state index in [-0.39, 0.29) is 0 Å². The smallest absolute Gasteiger partial charge is 0.119 e. The molecule has 1 aliphatic rings. The van der Waals surface area contributed by atoms with Gasteiger partial charge in [0.25, 0.3) is 0 Å². The van der Waals surface area contributed by atoms with Gasteiger partial charge in [-0.3, -0.25) is 0 Å². The monoisotopic (exact) mass is 322 g/mol. The topological polar surface area (TPSA) is 26.2 Å². The number of halogens is 1. The quantitative estimate of drug-likeness (QED) is 0.932. The number of hydrogen-bond acceptors (Lipinski definition) is 2. The van der Waals surface area contributed by atoms with E-state index < -0.39 is 0 Å². The average molecular weight is 323 g/mol. The van der Waals surface area contributed by atoms with Gasteiger partial charge in [0.15, 0.2) is 0 Å². The second-order valence-electron chi connectivity index (χ2n) is 5.32. The summed E-state index contributed by atoms with van der Waals surface area (Å²) in [6, 6.07) is 4.92. The van der Waals surface area contributed by atoms with Crippen molar-refractivity contribution in [3.05, 3.63) is 27.9 Å². The molecule has 3 nitrogen and oxygen atoms in total. The second-order valence-corrected chi connectivity index (χ2v) is 6.11. The van der Waals surface area contributed by atoms with Crippen LogP contribution in [0.3, 0.4) is 0 Å². The Bertz CT molecular complexity index is 629. The van der Waals surface area contributed by atoms with Crippen LogP contribution in [0.25, 0.3) is 10.9 Å². The molecule has 102 valence electrons. The van der Waals surface area contributed by atoms with Gasteiger partial charge in [-0.05, 0) is 53.4 Å². The van der Waals surface area contributed by atoms with Crippen LogP contribution in [0.5, 0.6) is 5.75 Å². The zero-order chi connectivity index (χ0) is 13.6. The van der Waals surface area contributed by atoms with Crippen molar-refractivity contribution in [3.63, 3.8) is 0 Å². The SMILES string of the molecule is COc1cc(C)c2c(c1)c(Br)c(CNC1CC1)n2C. The molecule has 1 aromatic heterocycles. The van der Waals surface area contributed by atoms with Gasteiger partial charge in [0, 0.05) is 35.2 Å². The fourth-order valence-corrected chi connectivity index (χ4v) is 3.35. The van der Waals surface area contributed by atoms with Crippen molar-refractivity contribution in [2.75, 3.05) is 7.11 Å². The van der Waals surface area contributed by atoms with Crippen LogP contribution in [0.1, 0.15) is 24.1 Å². The van der Waals surface area contributed by atoms with Crippen molar-refractivity contribution >= 4 is 26.8 Å². The number of hydrogen-bond donors (Lipinski definition) is 1. The lowest BCUT2D eigenvalue weighted by atomic mass is 10.1. The van der Waals surface area contributed by atoms with E-state index in [4.69, 9.17) is 4.74 Å². The van der Waals surface area contributed by atoms with Crippen molar-refractivity contribution in [3.8, 4) is 5.75 Å². The Hall–Kier alpha value is -1.00. The lowest BCUT2D eigenvalue weighted by Crippen LogP contribution is -2.17. The van der Waals surface area contributed by atoms with E-state index in [0.717, 1.165) is 18.3 Å². The Morgan fingerprint density at radius 3 is 2.79 bits per heavy atom. The van der Waals surface area contributed by atoms with Crippen LogP contribution < -0.4 is 10.1 Å². The summed E-state index contributed by atoms with van der Waals surface area (Å²) in [6.07, 6.45) is 2.63. The van der Waals surface area contributed by atoms with Crippen LogP contribution in [0.15, 0.2) is 16.6 Å². The van der Waals surface area contributed by atoms with Gasteiger partial charge in [-0.15, -0.1) is 0 Å². The highest BCUT2D eigenvalue weighted by molar-refractivity contribution is 9.10. The van der Waals surface area contributed by atoms with Crippen LogP contribution in [0.4, 0.5) is 0 Å². The first kappa shape index (κ1) is 13.0. The van der Waals surface area contributed by atoms with Gasteiger partial charge in [0.05, 0.1) is 12.6 Å². The molecular formula is C15H19BrN2O. The van der Waals surface area contributed by atoms with Crippen molar-refractivity contribution in [2.24, 2.45) is 7.05 Å². The molecule has 4 heteroatoms. The highest BCUT2D eigenvalue weighted by Gasteiger charge is 2.22. The highest BCUT2D eigenvalue weighted by atomic mass is 79.9. The minimum atomic E-state index is 0.723. The number of aryl methyl sites for hydroxylation is 2. The number of rotatable bonds is 4. The molecule has 1 fully saturated rings. The molecule has 2 aromatic rings.